The van der Waals surface area contributed by atoms with E-state index >= 15 is 0 Å². The van der Waals surface area contributed by atoms with E-state index in [0.29, 0.717) is 17.9 Å². The Bertz CT molecular complexity index is 325. The highest BCUT2D eigenvalue weighted by atomic mass is 19.1. The number of ether oxygens (including phenoxy) is 1. The minimum absolute atomic E-state index is 0.171. The van der Waals surface area contributed by atoms with Gasteiger partial charge in [-0.15, -0.1) is 0 Å². The number of aryl methyl sites for hydroxylation is 1. The quantitative estimate of drug-likeness (QED) is 0.636. The predicted octanol–water partition coefficient (Wildman–Crippen LogP) is 1.53. The van der Waals surface area contributed by atoms with Crippen molar-refractivity contribution in [1.29, 1.82) is 0 Å². The van der Waals surface area contributed by atoms with Gasteiger partial charge in [0, 0.05) is 5.56 Å². The molecule has 0 saturated carbocycles. The molecule has 0 saturated heterocycles. The van der Waals surface area contributed by atoms with Crippen LogP contribution in [-0.4, -0.2) is 6.61 Å². The minimum atomic E-state index is -0.277. The second-order valence-electron chi connectivity index (χ2n) is 3.03. The average Bonchev–Trinajstić information content (AvgIpc) is 2.41. The van der Waals surface area contributed by atoms with E-state index < -0.39 is 0 Å². The van der Waals surface area contributed by atoms with Crippen LogP contribution in [0.3, 0.4) is 0 Å². The lowest BCUT2D eigenvalue weighted by Gasteiger charge is -2.03. The highest BCUT2D eigenvalue weighted by molar-refractivity contribution is 5.43. The van der Waals surface area contributed by atoms with Gasteiger partial charge >= 0.3 is 0 Å². The molecule has 64 valence electrons. The average molecular weight is 167 g/mol. The van der Waals surface area contributed by atoms with Gasteiger partial charge in [0.15, 0.2) is 11.6 Å². The first-order chi connectivity index (χ1) is 5.70. The van der Waals surface area contributed by atoms with E-state index in [-0.39, 0.29) is 11.9 Å². The van der Waals surface area contributed by atoms with Crippen molar-refractivity contribution in [2.24, 2.45) is 5.73 Å². The van der Waals surface area contributed by atoms with Crippen molar-refractivity contribution >= 4 is 0 Å². The van der Waals surface area contributed by atoms with Crippen molar-refractivity contribution in [3.63, 3.8) is 0 Å². The van der Waals surface area contributed by atoms with Crippen LogP contribution < -0.4 is 10.5 Å². The molecule has 1 aliphatic heterocycles. The Balaban J connectivity index is 2.60. The number of hydrogen-bond acceptors (Lipinski definition) is 2. The number of halogens is 1. The molecule has 2 nitrogen and oxygen atoms in total. The van der Waals surface area contributed by atoms with Crippen LogP contribution in [0.4, 0.5) is 4.39 Å². The van der Waals surface area contributed by atoms with Crippen LogP contribution in [0.1, 0.15) is 17.2 Å². The smallest absolute Gasteiger partial charge is 0.168 e. The summed E-state index contributed by atoms with van der Waals surface area (Å²) < 4.78 is 18.4. The van der Waals surface area contributed by atoms with Crippen LogP contribution in [-0.2, 0) is 0 Å². The summed E-state index contributed by atoms with van der Waals surface area (Å²) in [5.41, 5.74) is 7.05. The number of fused-ring (bicyclic) bond motifs is 1. The number of nitrogens with two attached hydrogens (primary N) is 1. The molecule has 0 aromatic heterocycles. The molecule has 1 aliphatic rings. The van der Waals surface area contributed by atoms with Gasteiger partial charge in [0.1, 0.15) is 6.61 Å². The van der Waals surface area contributed by atoms with E-state index in [0.717, 1.165) is 5.56 Å². The largest absolute Gasteiger partial charge is 0.488 e. The lowest BCUT2D eigenvalue weighted by atomic mass is 10.1. The monoisotopic (exact) mass is 167 g/mol. The summed E-state index contributed by atoms with van der Waals surface area (Å²) in [5.74, 6) is 0.0583. The van der Waals surface area contributed by atoms with Gasteiger partial charge in [0.05, 0.1) is 6.04 Å². The van der Waals surface area contributed by atoms with Gasteiger partial charge < -0.3 is 10.5 Å². The van der Waals surface area contributed by atoms with Crippen molar-refractivity contribution in [3.8, 4) is 5.75 Å². The van der Waals surface area contributed by atoms with Gasteiger partial charge in [-0.25, -0.2) is 4.39 Å². The van der Waals surface area contributed by atoms with Gasteiger partial charge in [-0.3, -0.25) is 0 Å². The van der Waals surface area contributed by atoms with E-state index in [9.17, 15) is 4.39 Å². The number of hydrogen-bond donors (Lipinski definition) is 1. The third kappa shape index (κ3) is 0.898. The molecule has 12 heavy (non-hydrogen) atoms. The van der Waals surface area contributed by atoms with E-state index in [4.69, 9.17) is 10.5 Å². The summed E-state index contributed by atoms with van der Waals surface area (Å²) in [6.07, 6.45) is 0. The Hall–Kier alpha value is -1.09. The summed E-state index contributed by atoms with van der Waals surface area (Å²) in [6, 6.07) is 3.38. The van der Waals surface area contributed by atoms with Crippen LogP contribution >= 0.6 is 0 Å². The molecule has 2 rings (SSSR count). The second kappa shape index (κ2) is 2.45. The summed E-state index contributed by atoms with van der Waals surface area (Å²) in [6.45, 7) is 2.10. The Labute approximate surface area is 70.1 Å². The van der Waals surface area contributed by atoms with Crippen molar-refractivity contribution in [2.45, 2.75) is 13.0 Å². The zero-order valence-electron chi connectivity index (χ0n) is 6.80. The first-order valence-corrected chi connectivity index (χ1v) is 3.87. The fraction of sp³-hybridized carbons (Fsp3) is 0.333. The van der Waals surface area contributed by atoms with Crippen molar-refractivity contribution in [2.75, 3.05) is 6.61 Å². The van der Waals surface area contributed by atoms with Crippen LogP contribution in [0.25, 0.3) is 0 Å². The van der Waals surface area contributed by atoms with Crippen LogP contribution in [0.15, 0.2) is 12.1 Å². The highest BCUT2D eigenvalue weighted by Crippen LogP contribution is 2.34. The molecular formula is C9H10FNO. The minimum Gasteiger partial charge on any atom is -0.488 e. The Kier molecular flexibility index (Phi) is 1.54. The summed E-state index contributed by atoms with van der Waals surface area (Å²) in [4.78, 5) is 0. The van der Waals surface area contributed by atoms with Crippen LogP contribution in [0, 0.1) is 12.7 Å². The Morgan fingerprint density at radius 3 is 3.08 bits per heavy atom. The van der Waals surface area contributed by atoms with E-state index in [1.807, 2.05) is 6.07 Å². The maximum atomic E-state index is 13.3. The topological polar surface area (TPSA) is 35.2 Å². The van der Waals surface area contributed by atoms with Gasteiger partial charge in [0.25, 0.3) is 0 Å². The molecule has 1 aromatic rings. The number of rotatable bonds is 0. The third-order valence-electron chi connectivity index (χ3n) is 2.13. The summed E-state index contributed by atoms with van der Waals surface area (Å²) in [5, 5.41) is 0. The van der Waals surface area contributed by atoms with Gasteiger partial charge in [0.2, 0.25) is 0 Å². The van der Waals surface area contributed by atoms with Crippen LogP contribution in [0.2, 0.25) is 0 Å². The number of benzene rings is 1. The third-order valence-corrected chi connectivity index (χ3v) is 2.13. The fourth-order valence-electron chi connectivity index (χ4n) is 1.37. The van der Waals surface area contributed by atoms with Crippen molar-refractivity contribution in [1.82, 2.24) is 0 Å². The molecule has 1 aromatic carbocycles. The Morgan fingerprint density at radius 1 is 1.58 bits per heavy atom. The highest BCUT2D eigenvalue weighted by Gasteiger charge is 2.24. The van der Waals surface area contributed by atoms with Gasteiger partial charge in [-0.1, -0.05) is 12.1 Å². The molecule has 0 aliphatic carbocycles. The predicted molar refractivity (Wildman–Crippen MR) is 43.6 cm³/mol. The normalized spacial score (nSPS) is 20.4. The molecule has 1 atom stereocenters. The van der Waals surface area contributed by atoms with Crippen molar-refractivity contribution < 1.29 is 9.13 Å². The molecule has 2 N–H and O–H groups in total. The molecule has 3 heteroatoms. The lowest BCUT2D eigenvalue weighted by molar-refractivity contribution is 0.318. The summed E-state index contributed by atoms with van der Waals surface area (Å²) >= 11 is 0. The maximum Gasteiger partial charge on any atom is 0.168 e. The first-order valence-electron chi connectivity index (χ1n) is 3.87. The lowest BCUT2D eigenvalue weighted by Crippen LogP contribution is -2.10. The molecule has 0 bridgehead atoms. The van der Waals surface area contributed by atoms with E-state index in [2.05, 4.69) is 0 Å². The second-order valence-corrected chi connectivity index (χ2v) is 3.03. The zero-order chi connectivity index (χ0) is 8.72. The van der Waals surface area contributed by atoms with Gasteiger partial charge in [-0.05, 0) is 12.5 Å². The molecule has 1 heterocycles. The molecule has 0 amide bonds. The fourth-order valence-corrected chi connectivity index (χ4v) is 1.37. The summed E-state index contributed by atoms with van der Waals surface area (Å²) in [7, 11) is 0. The first kappa shape index (κ1) is 7.55. The van der Waals surface area contributed by atoms with Gasteiger partial charge in [-0.2, -0.15) is 0 Å². The molecule has 0 spiro atoms. The molecule has 0 radical (unpaired) electrons. The van der Waals surface area contributed by atoms with Crippen LogP contribution in [0.5, 0.6) is 5.75 Å². The van der Waals surface area contributed by atoms with E-state index in [1.54, 1.807) is 13.0 Å². The molecular weight excluding hydrogens is 157 g/mol. The SMILES string of the molecule is Cc1ccc2c(c1F)OC[C@H]2N. The zero-order valence-corrected chi connectivity index (χ0v) is 6.80. The standard InChI is InChI=1S/C9H10FNO/c1-5-2-3-6-7(11)4-12-9(6)8(5)10/h2-3,7H,4,11H2,1H3/t7-/m1/s1. The molecule has 0 fully saturated rings. The maximum absolute atomic E-state index is 13.3. The van der Waals surface area contributed by atoms with E-state index in [1.165, 1.54) is 0 Å². The van der Waals surface area contributed by atoms with Crippen molar-refractivity contribution in [3.05, 3.63) is 29.1 Å². The molecule has 0 unspecified atom stereocenters. The Morgan fingerprint density at radius 2 is 2.33 bits per heavy atom.